The quantitative estimate of drug-likeness (QED) is 0.376. The van der Waals surface area contributed by atoms with Gasteiger partial charge in [0.2, 0.25) is 11.9 Å². The van der Waals surface area contributed by atoms with Crippen molar-refractivity contribution in [2.45, 2.75) is 43.3 Å². The number of anilines is 1. The lowest BCUT2D eigenvalue weighted by Crippen LogP contribution is -2.42. The standard InChI is InChI=1S/C19H23N7O4S/c27-16(20-21-17(28)13-5-4-6-15(11-13)26(29)30)12-31-19-23-22-18(25(19)14-7-8-14)24-9-2-1-3-10-24/h4-6,11,14H,1-3,7-10,12H2,(H,20,27)(H,21,28). The number of thioether (sulfide) groups is 1. The van der Waals surface area contributed by atoms with Crippen LogP contribution in [0.2, 0.25) is 0 Å². The second-order valence-electron chi connectivity index (χ2n) is 7.53. The monoisotopic (exact) mass is 445 g/mol. The minimum Gasteiger partial charge on any atom is -0.341 e. The van der Waals surface area contributed by atoms with Crippen molar-refractivity contribution >= 4 is 35.2 Å². The van der Waals surface area contributed by atoms with Crippen molar-refractivity contribution in [3.8, 4) is 0 Å². The summed E-state index contributed by atoms with van der Waals surface area (Å²) in [4.78, 5) is 36.9. The average Bonchev–Trinajstić information content (AvgIpc) is 3.55. The number of aromatic nitrogens is 3. The third-order valence-electron chi connectivity index (χ3n) is 5.16. The highest BCUT2D eigenvalue weighted by molar-refractivity contribution is 7.99. The lowest BCUT2D eigenvalue weighted by molar-refractivity contribution is -0.384. The van der Waals surface area contributed by atoms with Crippen LogP contribution in [0.1, 0.15) is 48.5 Å². The van der Waals surface area contributed by atoms with Gasteiger partial charge in [-0.15, -0.1) is 10.2 Å². The van der Waals surface area contributed by atoms with E-state index in [-0.39, 0.29) is 17.0 Å². The molecule has 1 aliphatic heterocycles. The number of carbonyl (C=O) groups excluding carboxylic acids is 2. The SMILES string of the molecule is O=C(CSc1nnc(N2CCCCC2)n1C1CC1)NNC(=O)c1cccc([N+](=O)[O-])c1. The number of nitro groups is 1. The van der Waals surface area contributed by atoms with E-state index in [0.717, 1.165) is 50.8 Å². The van der Waals surface area contributed by atoms with Crippen molar-refractivity contribution in [2.75, 3.05) is 23.7 Å². The maximum atomic E-state index is 12.2. The third-order valence-corrected chi connectivity index (χ3v) is 6.11. The van der Waals surface area contributed by atoms with E-state index in [2.05, 4.69) is 30.5 Å². The van der Waals surface area contributed by atoms with Crippen LogP contribution in [-0.2, 0) is 4.79 Å². The van der Waals surface area contributed by atoms with E-state index < -0.39 is 16.7 Å². The molecule has 4 rings (SSSR count). The molecule has 2 N–H and O–H groups in total. The summed E-state index contributed by atoms with van der Waals surface area (Å²) in [6.07, 6.45) is 5.69. The Morgan fingerprint density at radius 2 is 1.94 bits per heavy atom. The molecule has 164 valence electrons. The molecule has 2 aliphatic rings. The Hall–Kier alpha value is -3.15. The van der Waals surface area contributed by atoms with Gasteiger partial charge in [0.1, 0.15) is 0 Å². The van der Waals surface area contributed by atoms with Gasteiger partial charge in [-0.3, -0.25) is 35.1 Å². The molecule has 1 aromatic heterocycles. The fourth-order valence-electron chi connectivity index (χ4n) is 3.46. The number of non-ortho nitro benzene ring substituents is 1. The summed E-state index contributed by atoms with van der Waals surface area (Å²) in [6.45, 7) is 1.94. The van der Waals surface area contributed by atoms with Gasteiger partial charge in [-0.05, 0) is 38.2 Å². The summed E-state index contributed by atoms with van der Waals surface area (Å²) >= 11 is 1.27. The Labute approximate surface area is 182 Å². The van der Waals surface area contributed by atoms with Crippen molar-refractivity contribution in [3.63, 3.8) is 0 Å². The van der Waals surface area contributed by atoms with Gasteiger partial charge in [-0.2, -0.15) is 0 Å². The number of hydrogen-bond donors (Lipinski definition) is 2. The molecule has 1 aliphatic carbocycles. The normalized spacial score (nSPS) is 16.1. The first-order valence-electron chi connectivity index (χ1n) is 10.2. The van der Waals surface area contributed by atoms with Crippen LogP contribution >= 0.6 is 11.8 Å². The number of hydrogen-bond acceptors (Lipinski definition) is 8. The average molecular weight is 446 g/mol. The predicted molar refractivity (Wildman–Crippen MR) is 114 cm³/mol. The fraction of sp³-hybridized carbons (Fsp3) is 0.474. The molecule has 0 radical (unpaired) electrons. The van der Waals surface area contributed by atoms with Crippen LogP contribution < -0.4 is 15.8 Å². The molecular formula is C19H23N7O4S. The number of amides is 2. The van der Waals surface area contributed by atoms with Crippen LogP contribution in [0.15, 0.2) is 29.4 Å². The van der Waals surface area contributed by atoms with E-state index in [1.54, 1.807) is 0 Å². The molecule has 12 heteroatoms. The van der Waals surface area contributed by atoms with Crippen molar-refractivity contribution < 1.29 is 14.5 Å². The molecule has 1 saturated carbocycles. The number of nitrogens with zero attached hydrogens (tertiary/aromatic N) is 5. The third kappa shape index (κ3) is 5.13. The highest BCUT2D eigenvalue weighted by Crippen LogP contribution is 2.41. The van der Waals surface area contributed by atoms with E-state index in [1.165, 1.54) is 36.4 Å². The molecule has 0 unspecified atom stereocenters. The number of rotatable bonds is 7. The maximum Gasteiger partial charge on any atom is 0.270 e. The van der Waals surface area contributed by atoms with E-state index in [1.807, 2.05) is 0 Å². The lowest BCUT2D eigenvalue weighted by Gasteiger charge is -2.27. The van der Waals surface area contributed by atoms with Gasteiger partial charge in [-0.25, -0.2) is 0 Å². The van der Waals surface area contributed by atoms with Crippen LogP contribution in [0, 0.1) is 10.1 Å². The minimum atomic E-state index is -0.629. The molecule has 2 heterocycles. The molecule has 11 nitrogen and oxygen atoms in total. The molecule has 2 fully saturated rings. The summed E-state index contributed by atoms with van der Waals surface area (Å²) in [6, 6.07) is 5.67. The van der Waals surface area contributed by atoms with Crippen molar-refractivity contribution in [3.05, 3.63) is 39.9 Å². The zero-order chi connectivity index (χ0) is 21.8. The number of hydrazine groups is 1. The minimum absolute atomic E-state index is 0.0556. The largest absolute Gasteiger partial charge is 0.341 e. The molecule has 1 saturated heterocycles. The van der Waals surface area contributed by atoms with E-state index in [9.17, 15) is 19.7 Å². The molecule has 0 spiro atoms. The van der Waals surface area contributed by atoms with Gasteiger partial charge < -0.3 is 4.90 Å². The molecule has 2 aromatic rings. The smallest absolute Gasteiger partial charge is 0.270 e. The summed E-state index contributed by atoms with van der Waals surface area (Å²) in [5.41, 5.74) is 4.51. The number of nitrogens with one attached hydrogen (secondary N) is 2. The second-order valence-corrected chi connectivity index (χ2v) is 8.47. The highest BCUT2D eigenvalue weighted by Gasteiger charge is 2.32. The van der Waals surface area contributed by atoms with Gasteiger partial charge in [-0.1, -0.05) is 17.8 Å². The number of piperidine rings is 1. The van der Waals surface area contributed by atoms with E-state index in [0.29, 0.717) is 11.2 Å². The van der Waals surface area contributed by atoms with Gasteiger partial charge >= 0.3 is 0 Å². The van der Waals surface area contributed by atoms with Gasteiger partial charge in [0.25, 0.3) is 11.6 Å². The van der Waals surface area contributed by atoms with Crippen molar-refractivity contribution in [1.82, 2.24) is 25.6 Å². The lowest BCUT2D eigenvalue weighted by atomic mass is 10.1. The number of nitro benzene ring substituents is 1. The van der Waals surface area contributed by atoms with Gasteiger partial charge in [0, 0.05) is 36.8 Å². The van der Waals surface area contributed by atoms with Gasteiger partial charge in [0.05, 0.1) is 10.7 Å². The summed E-state index contributed by atoms with van der Waals surface area (Å²) in [7, 11) is 0. The predicted octanol–water partition coefficient (Wildman–Crippen LogP) is 2.06. The van der Waals surface area contributed by atoms with E-state index in [4.69, 9.17) is 0 Å². The second kappa shape index (κ2) is 9.33. The molecule has 0 atom stereocenters. The zero-order valence-corrected chi connectivity index (χ0v) is 17.6. The Balaban J connectivity index is 1.32. The Kier molecular flexibility index (Phi) is 6.35. The summed E-state index contributed by atoms with van der Waals surface area (Å²) in [5, 5.41) is 20.2. The van der Waals surface area contributed by atoms with Crippen LogP contribution in [-0.4, -0.2) is 50.3 Å². The van der Waals surface area contributed by atoms with Gasteiger partial charge in [0.15, 0.2) is 5.16 Å². The van der Waals surface area contributed by atoms with Crippen molar-refractivity contribution in [1.29, 1.82) is 0 Å². The van der Waals surface area contributed by atoms with Crippen LogP contribution in [0.25, 0.3) is 0 Å². The van der Waals surface area contributed by atoms with E-state index >= 15 is 0 Å². The Morgan fingerprint density at radius 3 is 2.65 bits per heavy atom. The first-order chi connectivity index (χ1) is 15.0. The summed E-state index contributed by atoms with van der Waals surface area (Å²) in [5.74, 6) is -0.103. The molecule has 31 heavy (non-hydrogen) atoms. The highest BCUT2D eigenvalue weighted by atomic mass is 32.2. The fourth-order valence-corrected chi connectivity index (χ4v) is 4.26. The maximum absolute atomic E-state index is 12.2. The molecule has 2 amide bonds. The van der Waals surface area contributed by atoms with Crippen LogP contribution in [0.3, 0.4) is 0 Å². The first kappa shape index (κ1) is 21.1. The first-order valence-corrected chi connectivity index (χ1v) is 11.2. The zero-order valence-electron chi connectivity index (χ0n) is 16.8. The van der Waals surface area contributed by atoms with Crippen molar-refractivity contribution in [2.24, 2.45) is 0 Å². The Morgan fingerprint density at radius 1 is 1.16 bits per heavy atom. The topological polar surface area (TPSA) is 135 Å². The van der Waals surface area contributed by atoms with Crippen LogP contribution in [0.5, 0.6) is 0 Å². The number of carbonyl (C=O) groups is 2. The van der Waals surface area contributed by atoms with Crippen LogP contribution in [0.4, 0.5) is 11.6 Å². The molecule has 1 aromatic carbocycles. The Bertz CT molecular complexity index is 985. The molecule has 0 bridgehead atoms. The summed E-state index contributed by atoms with van der Waals surface area (Å²) < 4.78 is 2.13. The molecular weight excluding hydrogens is 422 g/mol. The number of benzene rings is 1.